The Balaban J connectivity index is 1.62. The van der Waals surface area contributed by atoms with E-state index in [0.29, 0.717) is 34.9 Å². The van der Waals surface area contributed by atoms with Crippen LogP contribution in [-0.4, -0.2) is 66.8 Å². The van der Waals surface area contributed by atoms with Gasteiger partial charge in [-0.3, -0.25) is 0 Å². The summed E-state index contributed by atoms with van der Waals surface area (Å²) in [5, 5.41) is 38.7. The third kappa shape index (κ3) is 6.49. The van der Waals surface area contributed by atoms with Crippen molar-refractivity contribution in [1.82, 2.24) is 15.0 Å². The number of aromatic nitrogens is 3. The fourth-order valence-corrected chi connectivity index (χ4v) is 5.76. The zero-order valence-electron chi connectivity index (χ0n) is 20.9. The summed E-state index contributed by atoms with van der Waals surface area (Å²) in [6, 6.07) is 7.08. The van der Waals surface area contributed by atoms with Gasteiger partial charge in [0.05, 0.1) is 39.2 Å². The second-order valence-corrected chi connectivity index (χ2v) is 11.1. The lowest BCUT2D eigenvalue weighted by Gasteiger charge is -2.28. The van der Waals surface area contributed by atoms with E-state index in [4.69, 9.17) is 4.98 Å². The Labute approximate surface area is 217 Å². The molecule has 0 saturated heterocycles. The van der Waals surface area contributed by atoms with Crippen LogP contribution in [0.1, 0.15) is 45.2 Å². The molecule has 0 amide bonds. The Morgan fingerprint density at radius 2 is 1.78 bits per heavy atom. The first kappa shape index (κ1) is 27.5. The highest BCUT2D eigenvalue weighted by molar-refractivity contribution is 7.21. The van der Waals surface area contributed by atoms with Gasteiger partial charge in [-0.1, -0.05) is 12.1 Å². The minimum Gasteiger partial charge on any atom is -0.390 e. The maximum absolute atomic E-state index is 12.4. The van der Waals surface area contributed by atoms with Crippen molar-refractivity contribution in [2.75, 3.05) is 17.2 Å². The van der Waals surface area contributed by atoms with E-state index >= 15 is 0 Å². The van der Waals surface area contributed by atoms with Crippen molar-refractivity contribution in [3.63, 3.8) is 0 Å². The summed E-state index contributed by atoms with van der Waals surface area (Å²) in [5.41, 5.74) is 0.856. The van der Waals surface area contributed by atoms with Crippen molar-refractivity contribution in [1.29, 1.82) is 0 Å². The molecule has 3 aromatic rings. The Bertz CT molecular complexity index is 1200. The van der Waals surface area contributed by atoms with Crippen molar-refractivity contribution in [3.8, 4) is 10.6 Å². The molecule has 2 aromatic heterocycles. The van der Waals surface area contributed by atoms with Gasteiger partial charge in [-0.15, -0.1) is 11.3 Å². The molecule has 1 aliphatic rings. The second-order valence-electron chi connectivity index (χ2n) is 10.1. The number of halogens is 3. The molecule has 5 N–H and O–H groups in total. The highest BCUT2D eigenvalue weighted by Gasteiger charge is 2.48. The maximum atomic E-state index is 12.4. The monoisotopic (exact) mass is 539 g/mol. The normalized spacial score (nSPS) is 22.5. The summed E-state index contributed by atoms with van der Waals surface area (Å²) in [7, 11) is 0. The Morgan fingerprint density at radius 3 is 2.43 bits per heavy atom. The molecule has 4 atom stereocenters. The number of alkyl halides is 3. The molecule has 8 nitrogen and oxygen atoms in total. The van der Waals surface area contributed by atoms with Crippen molar-refractivity contribution in [2.45, 2.75) is 76.5 Å². The molecule has 4 rings (SSSR count). The van der Waals surface area contributed by atoms with Gasteiger partial charge in [0, 0.05) is 18.9 Å². The SMILES string of the molecule is Cc1nc(NCCCCC(F)(F)F)nc(N[C@@H]2C[C@H](C(C)(C)O)[C@@H](O)[C@H]2O)c1-c1nc2ccccc2s1. The maximum Gasteiger partial charge on any atom is 0.389 e. The van der Waals surface area contributed by atoms with Crippen molar-refractivity contribution >= 4 is 33.3 Å². The number of aliphatic hydroxyl groups is 3. The predicted molar refractivity (Wildman–Crippen MR) is 138 cm³/mol. The number of unbranched alkanes of at least 4 members (excludes halogenated alkanes) is 1. The molecule has 1 saturated carbocycles. The Morgan fingerprint density at radius 1 is 1.05 bits per heavy atom. The van der Waals surface area contributed by atoms with E-state index in [1.165, 1.54) is 11.3 Å². The number of para-hydroxylation sites is 1. The van der Waals surface area contributed by atoms with Crippen LogP contribution >= 0.6 is 11.3 Å². The summed E-state index contributed by atoms with van der Waals surface area (Å²) in [6.45, 7) is 5.25. The first-order valence-corrected chi connectivity index (χ1v) is 13.1. The van der Waals surface area contributed by atoms with E-state index in [0.717, 1.165) is 10.2 Å². The highest BCUT2D eigenvalue weighted by Crippen LogP contribution is 2.40. The first-order chi connectivity index (χ1) is 17.3. The number of fused-ring (bicyclic) bond motifs is 1. The number of nitrogens with zero attached hydrogens (tertiary/aromatic N) is 3. The molecule has 1 aromatic carbocycles. The molecule has 0 aliphatic heterocycles. The minimum absolute atomic E-state index is 0.00509. The van der Waals surface area contributed by atoms with Crippen molar-refractivity contribution in [3.05, 3.63) is 30.0 Å². The third-order valence-electron chi connectivity index (χ3n) is 6.68. The van der Waals surface area contributed by atoms with Crippen molar-refractivity contribution in [2.24, 2.45) is 5.92 Å². The average molecular weight is 540 g/mol. The molecular weight excluding hydrogens is 507 g/mol. The molecule has 202 valence electrons. The number of thiazole rings is 1. The van der Waals surface area contributed by atoms with E-state index < -0.39 is 42.4 Å². The summed E-state index contributed by atoms with van der Waals surface area (Å²) >= 11 is 1.47. The molecule has 37 heavy (non-hydrogen) atoms. The van der Waals surface area contributed by atoms with Gasteiger partial charge in [0.1, 0.15) is 16.9 Å². The number of aliphatic hydroxyl groups excluding tert-OH is 2. The van der Waals surface area contributed by atoms with E-state index in [-0.39, 0.29) is 18.9 Å². The van der Waals surface area contributed by atoms with E-state index in [2.05, 4.69) is 20.6 Å². The topological polar surface area (TPSA) is 123 Å². The van der Waals surface area contributed by atoms with Gasteiger partial charge in [0.2, 0.25) is 5.95 Å². The lowest BCUT2D eigenvalue weighted by molar-refractivity contribution is -0.135. The third-order valence-corrected chi connectivity index (χ3v) is 7.73. The van der Waals surface area contributed by atoms with Crippen molar-refractivity contribution < 1.29 is 28.5 Å². The fraction of sp³-hybridized carbons (Fsp3) is 0.560. The molecule has 12 heteroatoms. The molecule has 0 unspecified atom stereocenters. The van der Waals surface area contributed by atoms with E-state index in [1.54, 1.807) is 20.8 Å². The Hall–Kier alpha value is -2.54. The number of rotatable bonds is 9. The molecule has 1 aliphatic carbocycles. The molecule has 0 spiro atoms. The molecule has 1 fully saturated rings. The molecule has 2 heterocycles. The second kappa shape index (κ2) is 10.7. The van der Waals surface area contributed by atoms with E-state index in [9.17, 15) is 28.5 Å². The minimum atomic E-state index is -4.18. The van der Waals surface area contributed by atoms with Crippen LogP contribution in [0.15, 0.2) is 24.3 Å². The zero-order chi connectivity index (χ0) is 27.0. The lowest BCUT2D eigenvalue weighted by Crippen LogP contribution is -2.40. The smallest absolute Gasteiger partial charge is 0.389 e. The number of aryl methyl sites for hydroxylation is 1. The Kier molecular flexibility index (Phi) is 7.93. The first-order valence-electron chi connectivity index (χ1n) is 12.2. The van der Waals surface area contributed by atoms with Crippen LogP contribution in [0.4, 0.5) is 24.9 Å². The molecule has 0 bridgehead atoms. The van der Waals surface area contributed by atoms with Crippen LogP contribution < -0.4 is 10.6 Å². The van der Waals surface area contributed by atoms with Gasteiger partial charge in [0.15, 0.2) is 0 Å². The number of hydrogen-bond acceptors (Lipinski definition) is 9. The number of hydrogen-bond donors (Lipinski definition) is 5. The predicted octanol–water partition coefficient (Wildman–Crippen LogP) is 4.50. The average Bonchev–Trinajstić information content (AvgIpc) is 3.34. The van der Waals surface area contributed by atoms with Crippen LogP contribution in [-0.2, 0) is 0 Å². The summed E-state index contributed by atoms with van der Waals surface area (Å²) < 4.78 is 38.3. The van der Waals surface area contributed by atoms with Gasteiger partial charge in [-0.05, 0) is 52.2 Å². The zero-order valence-corrected chi connectivity index (χ0v) is 21.7. The quantitative estimate of drug-likeness (QED) is 0.252. The number of anilines is 2. The van der Waals surface area contributed by atoms with Crippen LogP contribution in [0.3, 0.4) is 0 Å². The van der Waals surface area contributed by atoms with Gasteiger partial charge in [-0.25, -0.2) is 9.97 Å². The van der Waals surface area contributed by atoms with Gasteiger partial charge in [-0.2, -0.15) is 18.2 Å². The largest absolute Gasteiger partial charge is 0.390 e. The number of nitrogens with one attached hydrogen (secondary N) is 2. The van der Waals surface area contributed by atoms with Gasteiger partial charge < -0.3 is 26.0 Å². The summed E-state index contributed by atoms with van der Waals surface area (Å²) in [4.78, 5) is 13.8. The molecule has 0 radical (unpaired) electrons. The summed E-state index contributed by atoms with van der Waals surface area (Å²) in [5.74, 6) is 0.0704. The summed E-state index contributed by atoms with van der Waals surface area (Å²) in [6.07, 6.45) is -6.71. The molecular formula is C25H32F3N5O3S. The van der Waals surface area contributed by atoms with Gasteiger partial charge >= 0.3 is 6.18 Å². The highest BCUT2D eigenvalue weighted by atomic mass is 32.1. The van der Waals surface area contributed by atoms with Crippen LogP contribution in [0.5, 0.6) is 0 Å². The van der Waals surface area contributed by atoms with Gasteiger partial charge in [0.25, 0.3) is 0 Å². The fourth-order valence-electron chi connectivity index (χ4n) is 4.70. The van der Waals surface area contributed by atoms with Crippen LogP contribution in [0.2, 0.25) is 0 Å². The number of benzene rings is 1. The standard InChI is InChI=1S/C25H32F3N5O3S/c1-13-18(22-32-15-8-4-5-9-17(15)37-22)21(31-16-12-14(24(2,3)36)19(34)20(16)35)33-23(30-13)29-11-7-6-10-25(26,27)28/h4-5,8-9,14,16,19-20,34-36H,6-7,10-12H2,1-3H3,(H2,29,30,31,33)/t14-,16+,19+,20-/m0/s1. The van der Waals surface area contributed by atoms with Crippen LogP contribution in [0, 0.1) is 12.8 Å². The van der Waals surface area contributed by atoms with E-state index in [1.807, 2.05) is 24.3 Å². The lowest BCUT2D eigenvalue weighted by atomic mass is 9.88. The van der Waals surface area contributed by atoms with Crippen LogP contribution in [0.25, 0.3) is 20.8 Å².